The van der Waals surface area contributed by atoms with E-state index in [9.17, 15) is 13.2 Å². The average Bonchev–Trinajstić information content (AvgIpc) is 2.43. The Morgan fingerprint density at radius 2 is 1.68 bits per heavy atom. The van der Waals surface area contributed by atoms with Crippen LogP contribution >= 0.6 is 34.8 Å². The first-order chi connectivity index (χ1) is 10.2. The van der Waals surface area contributed by atoms with Crippen LogP contribution in [0.1, 0.15) is 11.1 Å². The van der Waals surface area contributed by atoms with Crippen molar-refractivity contribution in [3.8, 4) is 17.3 Å². The lowest BCUT2D eigenvalue weighted by Gasteiger charge is -2.12. The Balaban J connectivity index is 2.59. The van der Waals surface area contributed by atoms with Gasteiger partial charge in [-0.15, -0.1) is 0 Å². The molecule has 1 aromatic carbocycles. The van der Waals surface area contributed by atoms with Gasteiger partial charge in [0.25, 0.3) is 0 Å². The zero-order valence-corrected chi connectivity index (χ0v) is 12.9. The van der Waals surface area contributed by atoms with Gasteiger partial charge in [-0.2, -0.15) is 18.4 Å². The number of nitriles is 1. The van der Waals surface area contributed by atoms with Gasteiger partial charge in [-0.1, -0.05) is 34.8 Å². The highest BCUT2D eigenvalue weighted by Gasteiger charge is 2.34. The smallest absolute Gasteiger partial charge is 0.256 e. The van der Waals surface area contributed by atoms with E-state index in [-0.39, 0.29) is 32.7 Å². The molecule has 2 nitrogen and oxygen atoms in total. The quantitative estimate of drug-likeness (QED) is 0.631. The summed E-state index contributed by atoms with van der Waals surface area (Å²) in [7, 11) is 0. The molecule has 1 aromatic heterocycles. The number of hydrogen-bond acceptors (Lipinski definition) is 2. The summed E-state index contributed by atoms with van der Waals surface area (Å²) in [6, 6.07) is 5.79. The van der Waals surface area contributed by atoms with Crippen LogP contribution in [-0.2, 0) is 12.6 Å². The molecule has 2 rings (SSSR count). The van der Waals surface area contributed by atoms with E-state index in [1.54, 1.807) is 6.07 Å². The molecule has 22 heavy (non-hydrogen) atoms. The maximum atomic E-state index is 12.9. The molecule has 0 spiro atoms. The molecule has 0 aliphatic heterocycles. The normalized spacial score (nSPS) is 11.3. The van der Waals surface area contributed by atoms with Gasteiger partial charge in [-0.25, -0.2) is 0 Å². The predicted molar refractivity (Wildman–Crippen MR) is 79.0 cm³/mol. The maximum Gasteiger partial charge on any atom is 0.418 e. The van der Waals surface area contributed by atoms with Crippen molar-refractivity contribution in [2.45, 2.75) is 12.6 Å². The number of pyridine rings is 1. The highest BCUT2D eigenvalue weighted by atomic mass is 35.5. The molecule has 2 aromatic rings. The first-order valence-electron chi connectivity index (χ1n) is 5.82. The minimum absolute atomic E-state index is 0.149. The molecule has 0 aliphatic carbocycles. The second-order valence-corrected chi connectivity index (χ2v) is 5.51. The lowest BCUT2D eigenvalue weighted by atomic mass is 10.0. The molecule has 0 atom stereocenters. The van der Waals surface area contributed by atoms with E-state index in [1.807, 2.05) is 0 Å². The van der Waals surface area contributed by atoms with Crippen LogP contribution in [-0.4, -0.2) is 4.98 Å². The molecule has 114 valence electrons. The molecule has 0 fully saturated rings. The molecule has 0 radical (unpaired) electrons. The van der Waals surface area contributed by atoms with Crippen molar-refractivity contribution < 1.29 is 13.2 Å². The van der Waals surface area contributed by atoms with Gasteiger partial charge < -0.3 is 0 Å². The summed E-state index contributed by atoms with van der Waals surface area (Å²) >= 11 is 17.6. The van der Waals surface area contributed by atoms with Crippen LogP contribution in [0.2, 0.25) is 15.1 Å². The number of benzene rings is 1. The van der Waals surface area contributed by atoms with Crippen molar-refractivity contribution in [3.63, 3.8) is 0 Å². The highest BCUT2D eigenvalue weighted by molar-refractivity contribution is 6.48. The Labute approximate surface area is 139 Å². The molecule has 0 bridgehead atoms. The molecular formula is C14H6Cl3F3N2. The minimum atomic E-state index is -4.58. The Kier molecular flexibility index (Phi) is 4.86. The maximum absolute atomic E-state index is 12.9. The number of alkyl halides is 3. The summed E-state index contributed by atoms with van der Waals surface area (Å²) in [6.45, 7) is 0. The lowest BCUT2D eigenvalue weighted by molar-refractivity contribution is -0.138. The van der Waals surface area contributed by atoms with Crippen LogP contribution in [0.25, 0.3) is 11.3 Å². The number of rotatable bonds is 2. The number of aromatic nitrogens is 1. The second kappa shape index (κ2) is 6.33. The van der Waals surface area contributed by atoms with Gasteiger partial charge in [0.05, 0.1) is 38.8 Å². The van der Waals surface area contributed by atoms with E-state index in [2.05, 4.69) is 4.98 Å². The summed E-state index contributed by atoms with van der Waals surface area (Å²) in [4.78, 5) is 3.78. The third-order valence-electron chi connectivity index (χ3n) is 2.84. The van der Waals surface area contributed by atoms with Gasteiger partial charge in [0.2, 0.25) is 0 Å². The molecule has 0 saturated heterocycles. The van der Waals surface area contributed by atoms with Gasteiger partial charge in [0.1, 0.15) is 0 Å². The van der Waals surface area contributed by atoms with Crippen molar-refractivity contribution >= 4 is 34.8 Å². The lowest BCUT2D eigenvalue weighted by Crippen LogP contribution is -2.10. The van der Waals surface area contributed by atoms with E-state index >= 15 is 0 Å². The molecule has 0 amide bonds. The fraction of sp³-hybridized carbons (Fsp3) is 0.143. The van der Waals surface area contributed by atoms with Gasteiger partial charge in [-0.3, -0.25) is 4.98 Å². The molecular weight excluding hydrogens is 360 g/mol. The summed E-state index contributed by atoms with van der Waals surface area (Å²) in [5.74, 6) is 0. The summed E-state index contributed by atoms with van der Waals surface area (Å²) in [5, 5.41) is 9.17. The summed E-state index contributed by atoms with van der Waals surface area (Å²) in [6.07, 6.45) is -4.27. The van der Waals surface area contributed by atoms with Crippen molar-refractivity contribution in [3.05, 3.63) is 50.6 Å². The van der Waals surface area contributed by atoms with Crippen LogP contribution in [0.15, 0.2) is 24.4 Å². The van der Waals surface area contributed by atoms with Crippen molar-refractivity contribution in [1.29, 1.82) is 5.26 Å². The SMILES string of the molecule is N#CCc1cc(-c2cc(Cl)c(Cl)c(Cl)c2)ncc1C(F)(F)F. The van der Waals surface area contributed by atoms with E-state index in [0.717, 1.165) is 0 Å². The number of nitrogens with zero attached hydrogens (tertiary/aromatic N) is 2. The third kappa shape index (κ3) is 3.46. The Morgan fingerprint density at radius 3 is 2.18 bits per heavy atom. The number of halogens is 6. The average molecular weight is 366 g/mol. The largest absolute Gasteiger partial charge is 0.418 e. The molecule has 1 heterocycles. The van der Waals surface area contributed by atoms with E-state index < -0.39 is 11.7 Å². The van der Waals surface area contributed by atoms with E-state index in [1.165, 1.54) is 18.2 Å². The van der Waals surface area contributed by atoms with Crippen LogP contribution in [0, 0.1) is 11.3 Å². The molecule has 0 aliphatic rings. The first-order valence-corrected chi connectivity index (χ1v) is 6.95. The Morgan fingerprint density at radius 1 is 1.09 bits per heavy atom. The molecule has 0 saturated carbocycles. The fourth-order valence-corrected chi connectivity index (χ4v) is 2.44. The summed E-state index contributed by atoms with van der Waals surface area (Å²) in [5.41, 5.74) is -0.475. The number of hydrogen-bond donors (Lipinski definition) is 0. The van der Waals surface area contributed by atoms with Crippen molar-refractivity contribution in [1.82, 2.24) is 4.98 Å². The van der Waals surface area contributed by atoms with Crippen molar-refractivity contribution in [2.75, 3.05) is 0 Å². The molecule has 0 N–H and O–H groups in total. The summed E-state index contributed by atoms with van der Waals surface area (Å²) < 4.78 is 38.6. The zero-order chi connectivity index (χ0) is 16.5. The molecule has 8 heteroatoms. The van der Waals surface area contributed by atoms with Crippen LogP contribution in [0.5, 0.6) is 0 Å². The van der Waals surface area contributed by atoms with Crippen molar-refractivity contribution in [2.24, 2.45) is 0 Å². The first kappa shape index (κ1) is 16.9. The third-order valence-corrected chi connectivity index (χ3v) is 4.04. The fourth-order valence-electron chi connectivity index (χ4n) is 1.85. The van der Waals surface area contributed by atoms with Crippen LogP contribution < -0.4 is 0 Å². The van der Waals surface area contributed by atoms with Gasteiger partial charge in [-0.05, 0) is 23.8 Å². The zero-order valence-electron chi connectivity index (χ0n) is 10.7. The predicted octanol–water partition coefficient (Wildman–Crippen LogP) is 5.79. The highest BCUT2D eigenvalue weighted by Crippen LogP contribution is 2.37. The Hall–Kier alpha value is -1.48. The van der Waals surface area contributed by atoms with Gasteiger partial charge in [0, 0.05) is 11.8 Å². The van der Waals surface area contributed by atoms with Gasteiger partial charge in [0.15, 0.2) is 0 Å². The standard InChI is InChI=1S/C14H6Cl3F3N2/c15-10-3-8(4-11(16)13(10)17)12-5-7(1-2-21)9(6-22-12)14(18,19)20/h3-6H,1H2. The second-order valence-electron chi connectivity index (χ2n) is 4.31. The van der Waals surface area contributed by atoms with Gasteiger partial charge >= 0.3 is 6.18 Å². The molecule has 0 unspecified atom stereocenters. The topological polar surface area (TPSA) is 36.7 Å². The van der Waals surface area contributed by atoms with Crippen LogP contribution in [0.4, 0.5) is 13.2 Å². The minimum Gasteiger partial charge on any atom is -0.256 e. The van der Waals surface area contributed by atoms with Crippen LogP contribution in [0.3, 0.4) is 0 Å². The van der Waals surface area contributed by atoms with E-state index in [0.29, 0.717) is 11.8 Å². The monoisotopic (exact) mass is 364 g/mol. The van der Waals surface area contributed by atoms with E-state index in [4.69, 9.17) is 40.1 Å². The Bertz CT molecular complexity index is 744.